The number of hydrogen-bond donors (Lipinski definition) is 0. The van der Waals surface area contributed by atoms with Gasteiger partial charge in [0.15, 0.2) is 17.2 Å². The third-order valence-corrected chi connectivity index (χ3v) is 7.46. The molecule has 0 unspecified atom stereocenters. The summed E-state index contributed by atoms with van der Waals surface area (Å²) in [7, 11) is 3.23. The molecule has 1 saturated carbocycles. The van der Waals surface area contributed by atoms with Gasteiger partial charge in [0.1, 0.15) is 0 Å². The van der Waals surface area contributed by atoms with Crippen molar-refractivity contribution in [3.05, 3.63) is 23.8 Å². The minimum atomic E-state index is -0.593. The molecule has 2 atom stereocenters. The normalized spacial score (nSPS) is 29.9. The van der Waals surface area contributed by atoms with Gasteiger partial charge in [0.25, 0.3) is 0 Å². The molecule has 0 bridgehead atoms. The van der Waals surface area contributed by atoms with Gasteiger partial charge in [0, 0.05) is 19.5 Å². The fraction of sp³-hybridized carbons (Fsp3) is 0.636. The molecule has 1 aromatic carbocycles. The molecule has 4 aliphatic rings. The Bertz CT molecular complexity index is 850. The summed E-state index contributed by atoms with van der Waals surface area (Å²) in [5.74, 6) is 1.54. The molecule has 2 amide bonds. The Morgan fingerprint density at radius 3 is 2.59 bits per heavy atom. The summed E-state index contributed by atoms with van der Waals surface area (Å²) in [6, 6.07) is 5.65. The van der Waals surface area contributed by atoms with Crippen LogP contribution in [0.2, 0.25) is 0 Å². The molecule has 156 valence electrons. The second-order valence-corrected chi connectivity index (χ2v) is 8.57. The van der Waals surface area contributed by atoms with E-state index in [0.29, 0.717) is 44.0 Å². The Balaban J connectivity index is 1.51. The summed E-state index contributed by atoms with van der Waals surface area (Å²) in [5.41, 5.74) is -0.184. The first-order valence-electron chi connectivity index (χ1n) is 10.5. The van der Waals surface area contributed by atoms with Crippen molar-refractivity contribution in [2.24, 2.45) is 0 Å². The Kier molecular flexibility index (Phi) is 4.28. The second-order valence-electron chi connectivity index (χ2n) is 8.57. The standard InChI is InChI=1S/C22H28N2O5/c1-27-16-6-5-15(13-17(16)28-2)21(7-3-4-8-21)20(26)23-10-9-22-18(23)14-19(25)24(22)11-12-29-22/h5-6,13,18H,3-4,7-12,14H2,1-2H3/t18-,22+/m1/s1. The van der Waals surface area contributed by atoms with Gasteiger partial charge in [-0.25, -0.2) is 0 Å². The molecule has 7 heteroatoms. The molecule has 3 heterocycles. The molecule has 7 nitrogen and oxygen atoms in total. The number of likely N-dealkylation sites (tertiary alicyclic amines) is 1. The molecular formula is C22H28N2O5. The van der Waals surface area contributed by atoms with Crippen molar-refractivity contribution >= 4 is 11.8 Å². The molecule has 4 fully saturated rings. The maximum absolute atomic E-state index is 14.0. The van der Waals surface area contributed by atoms with Crippen LogP contribution in [0.3, 0.4) is 0 Å². The average Bonchev–Trinajstić information content (AvgIpc) is 3.50. The lowest BCUT2D eigenvalue weighted by molar-refractivity contribution is -0.143. The van der Waals surface area contributed by atoms with Crippen LogP contribution in [0.5, 0.6) is 11.5 Å². The largest absolute Gasteiger partial charge is 0.493 e. The van der Waals surface area contributed by atoms with Crippen molar-refractivity contribution in [1.82, 2.24) is 9.80 Å². The number of nitrogens with zero attached hydrogens (tertiary/aromatic N) is 2. The lowest BCUT2D eigenvalue weighted by Crippen LogP contribution is -2.52. The topological polar surface area (TPSA) is 68.3 Å². The Labute approximate surface area is 170 Å². The van der Waals surface area contributed by atoms with Crippen molar-refractivity contribution < 1.29 is 23.8 Å². The van der Waals surface area contributed by atoms with Crippen LogP contribution < -0.4 is 9.47 Å². The number of amides is 2. The predicted octanol–water partition coefficient (Wildman–Crippen LogP) is 2.08. The number of methoxy groups -OCH3 is 2. The van der Waals surface area contributed by atoms with E-state index in [1.165, 1.54) is 0 Å². The third kappa shape index (κ3) is 2.46. The summed E-state index contributed by atoms with van der Waals surface area (Å²) in [4.78, 5) is 30.4. The minimum Gasteiger partial charge on any atom is -0.493 e. The van der Waals surface area contributed by atoms with E-state index in [-0.39, 0.29) is 17.9 Å². The smallest absolute Gasteiger partial charge is 0.233 e. The number of rotatable bonds is 4. The Hall–Kier alpha value is -2.28. The zero-order chi connectivity index (χ0) is 20.2. The summed E-state index contributed by atoms with van der Waals surface area (Å²) in [6.45, 7) is 1.84. The molecule has 5 rings (SSSR count). The summed E-state index contributed by atoms with van der Waals surface area (Å²) in [5, 5.41) is 0. The highest BCUT2D eigenvalue weighted by molar-refractivity contribution is 5.91. The number of benzene rings is 1. The van der Waals surface area contributed by atoms with Gasteiger partial charge in [0.05, 0.1) is 38.7 Å². The predicted molar refractivity (Wildman–Crippen MR) is 105 cm³/mol. The number of carbonyl (C=O) groups is 2. The maximum atomic E-state index is 14.0. The van der Waals surface area contributed by atoms with Crippen molar-refractivity contribution in [3.63, 3.8) is 0 Å². The van der Waals surface area contributed by atoms with E-state index < -0.39 is 11.1 Å². The monoisotopic (exact) mass is 400 g/mol. The summed E-state index contributed by atoms with van der Waals surface area (Å²) >= 11 is 0. The van der Waals surface area contributed by atoms with E-state index in [2.05, 4.69) is 0 Å². The highest BCUT2D eigenvalue weighted by atomic mass is 16.5. The van der Waals surface area contributed by atoms with E-state index in [0.717, 1.165) is 31.2 Å². The average molecular weight is 400 g/mol. The minimum absolute atomic E-state index is 0.108. The molecular weight excluding hydrogens is 372 g/mol. The second kappa shape index (κ2) is 6.62. The lowest BCUT2D eigenvalue weighted by atomic mass is 9.77. The van der Waals surface area contributed by atoms with Gasteiger partial charge in [0.2, 0.25) is 11.8 Å². The van der Waals surface area contributed by atoms with E-state index >= 15 is 0 Å². The Morgan fingerprint density at radius 2 is 1.86 bits per heavy atom. The first-order valence-corrected chi connectivity index (χ1v) is 10.5. The van der Waals surface area contributed by atoms with Crippen LogP contribution in [-0.4, -0.2) is 67.3 Å². The van der Waals surface area contributed by atoms with Gasteiger partial charge in [-0.1, -0.05) is 18.9 Å². The molecule has 1 aliphatic carbocycles. The van der Waals surface area contributed by atoms with Crippen LogP contribution in [0.25, 0.3) is 0 Å². The molecule has 3 aliphatic heterocycles. The van der Waals surface area contributed by atoms with Crippen LogP contribution in [0.15, 0.2) is 18.2 Å². The van der Waals surface area contributed by atoms with Gasteiger partial charge >= 0.3 is 0 Å². The molecule has 0 N–H and O–H groups in total. The van der Waals surface area contributed by atoms with Gasteiger partial charge < -0.3 is 24.0 Å². The van der Waals surface area contributed by atoms with Crippen LogP contribution in [0.4, 0.5) is 0 Å². The zero-order valence-electron chi connectivity index (χ0n) is 17.1. The molecule has 3 saturated heterocycles. The fourth-order valence-corrected chi connectivity index (χ4v) is 6.05. The first kappa shape index (κ1) is 18.7. The maximum Gasteiger partial charge on any atom is 0.233 e. The number of hydrogen-bond acceptors (Lipinski definition) is 5. The van der Waals surface area contributed by atoms with E-state index in [9.17, 15) is 9.59 Å². The number of carbonyl (C=O) groups excluding carboxylic acids is 2. The molecule has 0 radical (unpaired) electrons. The van der Waals surface area contributed by atoms with E-state index in [4.69, 9.17) is 14.2 Å². The molecule has 0 aromatic heterocycles. The summed E-state index contributed by atoms with van der Waals surface area (Å²) < 4.78 is 17.0. The molecule has 1 aromatic rings. The van der Waals surface area contributed by atoms with Crippen molar-refractivity contribution in [2.45, 2.75) is 55.7 Å². The van der Waals surface area contributed by atoms with Gasteiger partial charge in [-0.3, -0.25) is 9.59 Å². The highest BCUT2D eigenvalue weighted by Gasteiger charge is 2.64. The van der Waals surface area contributed by atoms with Crippen LogP contribution in [0.1, 0.15) is 44.1 Å². The van der Waals surface area contributed by atoms with E-state index in [1.807, 2.05) is 28.0 Å². The molecule has 1 spiro atoms. The van der Waals surface area contributed by atoms with Crippen LogP contribution in [-0.2, 0) is 19.7 Å². The number of ether oxygens (including phenoxy) is 3. The lowest BCUT2D eigenvalue weighted by Gasteiger charge is -2.37. The third-order valence-electron chi connectivity index (χ3n) is 7.46. The molecule has 29 heavy (non-hydrogen) atoms. The quantitative estimate of drug-likeness (QED) is 0.774. The summed E-state index contributed by atoms with van der Waals surface area (Å²) in [6.07, 6.45) is 4.74. The van der Waals surface area contributed by atoms with Gasteiger partial charge in [-0.05, 0) is 30.5 Å². The van der Waals surface area contributed by atoms with Crippen LogP contribution in [0, 0.1) is 0 Å². The van der Waals surface area contributed by atoms with Gasteiger partial charge in [-0.2, -0.15) is 0 Å². The fourth-order valence-electron chi connectivity index (χ4n) is 6.05. The van der Waals surface area contributed by atoms with Crippen molar-refractivity contribution in [2.75, 3.05) is 33.9 Å². The highest BCUT2D eigenvalue weighted by Crippen LogP contribution is 2.50. The van der Waals surface area contributed by atoms with Crippen molar-refractivity contribution in [1.29, 1.82) is 0 Å². The van der Waals surface area contributed by atoms with Crippen molar-refractivity contribution in [3.8, 4) is 11.5 Å². The Morgan fingerprint density at radius 1 is 1.10 bits per heavy atom. The first-order chi connectivity index (χ1) is 14.1. The van der Waals surface area contributed by atoms with Crippen LogP contribution >= 0.6 is 0 Å². The zero-order valence-corrected chi connectivity index (χ0v) is 17.1. The van der Waals surface area contributed by atoms with Gasteiger partial charge in [-0.15, -0.1) is 0 Å². The SMILES string of the molecule is COc1ccc(C2(C(=O)N3CC[C@@]45OCCN4C(=O)C[C@@H]35)CCCC2)cc1OC. The van der Waals surface area contributed by atoms with E-state index in [1.54, 1.807) is 14.2 Å².